The van der Waals surface area contributed by atoms with Crippen molar-refractivity contribution in [3.8, 4) is 5.75 Å². The average Bonchev–Trinajstić information content (AvgIpc) is 2.97. The molecular formula is C23H27NO7. The maximum Gasteiger partial charge on any atom is 0.303 e. The van der Waals surface area contributed by atoms with E-state index in [2.05, 4.69) is 5.32 Å². The van der Waals surface area contributed by atoms with E-state index in [0.29, 0.717) is 42.7 Å². The molecule has 3 rings (SSSR count). The number of ketones is 2. The second-order valence-corrected chi connectivity index (χ2v) is 8.09. The normalized spacial score (nSPS) is 20.5. The van der Waals surface area contributed by atoms with Crippen LogP contribution >= 0.6 is 0 Å². The Morgan fingerprint density at radius 1 is 1.03 bits per heavy atom. The predicted molar refractivity (Wildman–Crippen MR) is 110 cm³/mol. The number of benzene rings is 1. The van der Waals surface area contributed by atoms with Crippen molar-refractivity contribution in [2.45, 2.75) is 57.8 Å². The Morgan fingerprint density at radius 2 is 1.81 bits per heavy atom. The van der Waals surface area contributed by atoms with Gasteiger partial charge in [0.25, 0.3) is 0 Å². The predicted octanol–water partition coefficient (Wildman–Crippen LogP) is 2.93. The summed E-state index contributed by atoms with van der Waals surface area (Å²) in [7, 11) is 0. The number of nitrogens with one attached hydrogen (secondary N) is 1. The number of hydrogen-bond acceptors (Lipinski definition) is 6. The number of amides is 2. The van der Waals surface area contributed by atoms with E-state index >= 15 is 0 Å². The fourth-order valence-corrected chi connectivity index (χ4v) is 4.15. The maximum absolute atomic E-state index is 13.0. The van der Waals surface area contributed by atoms with Crippen LogP contribution in [0.1, 0.15) is 78.5 Å². The van der Waals surface area contributed by atoms with Crippen molar-refractivity contribution < 1.29 is 33.8 Å². The molecule has 1 aliphatic carbocycles. The number of unbranched alkanes of at least 4 members (excludes halogenated alkanes) is 3. The molecule has 2 N–H and O–H groups in total. The van der Waals surface area contributed by atoms with Crippen molar-refractivity contribution in [3.63, 3.8) is 0 Å². The Morgan fingerprint density at radius 3 is 2.55 bits per heavy atom. The van der Waals surface area contributed by atoms with Crippen molar-refractivity contribution in [1.29, 1.82) is 0 Å². The first-order valence-electron chi connectivity index (χ1n) is 10.8. The molecule has 1 fully saturated rings. The number of fused-ring (bicyclic) bond motifs is 1. The molecule has 2 atom stereocenters. The number of hydrogen-bond donors (Lipinski definition) is 2. The molecule has 2 amide bonds. The standard InChI is InChI=1S/C23H27NO7/c25-18-12-10-14(23(30)24-18)9-11-16-21(28)15-6-5-7-17(20(15)22(16)29)31-13-4-2-1-3-8-19(26)27/h5-7,14,16H,1-4,8-13H2,(H,26,27)(H,24,25,30). The summed E-state index contributed by atoms with van der Waals surface area (Å²) in [5, 5.41) is 10.9. The highest BCUT2D eigenvalue weighted by molar-refractivity contribution is 6.27. The van der Waals surface area contributed by atoms with Crippen LogP contribution in [-0.2, 0) is 14.4 Å². The molecule has 2 aliphatic rings. The molecule has 1 aromatic rings. The Hall–Kier alpha value is -3.03. The Kier molecular flexibility index (Phi) is 7.55. The number of carboxylic acids is 1. The van der Waals surface area contributed by atoms with Crippen LogP contribution in [0.25, 0.3) is 0 Å². The van der Waals surface area contributed by atoms with Crippen LogP contribution in [0.5, 0.6) is 5.75 Å². The summed E-state index contributed by atoms with van der Waals surface area (Å²) in [6.45, 7) is 0.381. The quantitative estimate of drug-likeness (QED) is 0.314. The van der Waals surface area contributed by atoms with Gasteiger partial charge in [-0.15, -0.1) is 0 Å². The lowest BCUT2D eigenvalue weighted by atomic mass is 9.88. The van der Waals surface area contributed by atoms with Crippen LogP contribution < -0.4 is 10.1 Å². The molecule has 0 spiro atoms. The first-order chi connectivity index (χ1) is 14.9. The van der Waals surface area contributed by atoms with E-state index in [4.69, 9.17) is 9.84 Å². The van der Waals surface area contributed by atoms with Crippen molar-refractivity contribution in [2.24, 2.45) is 11.8 Å². The molecule has 31 heavy (non-hydrogen) atoms. The van der Waals surface area contributed by atoms with Gasteiger partial charge in [0.2, 0.25) is 11.8 Å². The molecular weight excluding hydrogens is 402 g/mol. The minimum absolute atomic E-state index is 0.157. The zero-order chi connectivity index (χ0) is 22.4. The fourth-order valence-electron chi connectivity index (χ4n) is 4.15. The van der Waals surface area contributed by atoms with Gasteiger partial charge in [0, 0.05) is 24.3 Å². The molecule has 0 bridgehead atoms. The number of ether oxygens (including phenoxy) is 1. The molecule has 0 radical (unpaired) electrons. The van der Waals surface area contributed by atoms with Gasteiger partial charge in [-0.25, -0.2) is 0 Å². The lowest BCUT2D eigenvalue weighted by Crippen LogP contribution is -2.40. The van der Waals surface area contributed by atoms with Crippen molar-refractivity contribution in [1.82, 2.24) is 5.32 Å². The van der Waals surface area contributed by atoms with E-state index in [1.54, 1.807) is 18.2 Å². The summed E-state index contributed by atoms with van der Waals surface area (Å²) in [6, 6.07) is 4.99. The molecule has 0 saturated carbocycles. The Bertz CT molecular complexity index is 892. The smallest absolute Gasteiger partial charge is 0.303 e. The first-order valence-corrected chi connectivity index (χ1v) is 10.8. The third-order valence-corrected chi connectivity index (χ3v) is 5.87. The van der Waals surface area contributed by atoms with E-state index in [9.17, 15) is 24.0 Å². The van der Waals surface area contributed by atoms with Crippen LogP contribution in [0.15, 0.2) is 18.2 Å². The highest BCUT2D eigenvalue weighted by Crippen LogP contribution is 2.37. The van der Waals surface area contributed by atoms with Crippen LogP contribution in [0.4, 0.5) is 0 Å². The van der Waals surface area contributed by atoms with Gasteiger partial charge >= 0.3 is 5.97 Å². The molecule has 8 heteroatoms. The molecule has 2 unspecified atom stereocenters. The zero-order valence-corrected chi connectivity index (χ0v) is 17.4. The number of Topliss-reactive ketones (excluding diaryl/α,β-unsaturated/α-hetero) is 2. The van der Waals surface area contributed by atoms with E-state index in [0.717, 1.165) is 19.3 Å². The number of piperidine rings is 1. The van der Waals surface area contributed by atoms with Gasteiger partial charge in [0.1, 0.15) is 5.75 Å². The van der Waals surface area contributed by atoms with E-state index in [-0.39, 0.29) is 48.6 Å². The summed E-state index contributed by atoms with van der Waals surface area (Å²) in [5.41, 5.74) is 0.670. The molecule has 1 heterocycles. The van der Waals surface area contributed by atoms with Crippen molar-refractivity contribution in [2.75, 3.05) is 6.61 Å². The third-order valence-electron chi connectivity index (χ3n) is 5.87. The molecule has 1 aromatic carbocycles. The molecule has 8 nitrogen and oxygen atoms in total. The van der Waals surface area contributed by atoms with Gasteiger partial charge in [-0.3, -0.25) is 29.3 Å². The minimum atomic E-state index is -0.818. The number of aliphatic carboxylic acids is 1. The van der Waals surface area contributed by atoms with Gasteiger partial charge < -0.3 is 9.84 Å². The number of carbonyl (C=O) groups excluding carboxylic acids is 4. The maximum atomic E-state index is 13.0. The molecule has 1 saturated heterocycles. The summed E-state index contributed by atoms with van der Waals surface area (Å²) in [4.78, 5) is 59.5. The number of carboxylic acid groups (broad SMARTS) is 1. The summed E-state index contributed by atoms with van der Waals surface area (Å²) in [6.07, 6.45) is 4.48. The van der Waals surface area contributed by atoms with Gasteiger partial charge in [-0.05, 0) is 38.2 Å². The lowest BCUT2D eigenvalue weighted by Gasteiger charge is -2.21. The summed E-state index contributed by atoms with van der Waals surface area (Å²) >= 11 is 0. The first kappa shape index (κ1) is 22.7. The lowest BCUT2D eigenvalue weighted by molar-refractivity contribution is -0.138. The van der Waals surface area contributed by atoms with Gasteiger partial charge in [0.05, 0.1) is 18.1 Å². The number of rotatable bonds is 11. The average molecular weight is 429 g/mol. The van der Waals surface area contributed by atoms with Crippen LogP contribution in [0.3, 0.4) is 0 Å². The van der Waals surface area contributed by atoms with Gasteiger partial charge in [-0.1, -0.05) is 25.0 Å². The minimum Gasteiger partial charge on any atom is -0.493 e. The summed E-state index contributed by atoms with van der Waals surface area (Å²) < 4.78 is 5.78. The van der Waals surface area contributed by atoms with E-state index in [1.807, 2.05) is 0 Å². The van der Waals surface area contributed by atoms with E-state index < -0.39 is 11.9 Å². The molecule has 0 aromatic heterocycles. The van der Waals surface area contributed by atoms with Gasteiger partial charge in [0.15, 0.2) is 11.6 Å². The van der Waals surface area contributed by atoms with Crippen LogP contribution in [0.2, 0.25) is 0 Å². The molecule has 166 valence electrons. The summed E-state index contributed by atoms with van der Waals surface area (Å²) in [5.74, 6) is -2.73. The van der Waals surface area contributed by atoms with Crippen LogP contribution in [0, 0.1) is 11.8 Å². The Balaban J connectivity index is 1.54. The third kappa shape index (κ3) is 5.57. The van der Waals surface area contributed by atoms with Crippen molar-refractivity contribution >= 4 is 29.4 Å². The molecule has 1 aliphatic heterocycles. The van der Waals surface area contributed by atoms with Crippen LogP contribution in [-0.4, -0.2) is 41.1 Å². The highest BCUT2D eigenvalue weighted by Gasteiger charge is 2.41. The van der Waals surface area contributed by atoms with Crippen molar-refractivity contribution in [3.05, 3.63) is 29.3 Å². The highest BCUT2D eigenvalue weighted by atomic mass is 16.5. The Labute approximate surface area is 180 Å². The van der Waals surface area contributed by atoms with E-state index in [1.165, 1.54) is 0 Å². The zero-order valence-electron chi connectivity index (χ0n) is 17.4. The number of carbonyl (C=O) groups is 5. The largest absolute Gasteiger partial charge is 0.493 e. The monoisotopic (exact) mass is 429 g/mol. The number of imide groups is 1. The fraction of sp³-hybridized carbons (Fsp3) is 0.522. The SMILES string of the molecule is O=C(O)CCCCCCOc1cccc2c1C(=O)C(CCC1CCC(=O)NC1=O)C2=O. The topological polar surface area (TPSA) is 127 Å². The second kappa shape index (κ2) is 10.3. The van der Waals surface area contributed by atoms with Gasteiger partial charge in [-0.2, -0.15) is 0 Å². The second-order valence-electron chi connectivity index (χ2n) is 8.09.